The van der Waals surface area contributed by atoms with Crippen LogP contribution in [0.5, 0.6) is 0 Å². The molecule has 0 aromatic carbocycles. The van der Waals surface area contributed by atoms with E-state index in [0.717, 1.165) is 0 Å². The van der Waals surface area contributed by atoms with Gasteiger partial charge in [-0.25, -0.2) is 0 Å². The van der Waals surface area contributed by atoms with Gasteiger partial charge in [0.1, 0.15) is 10.8 Å². The minimum atomic E-state index is -0.210. The first-order valence-electron chi connectivity index (χ1n) is 5.94. The van der Waals surface area contributed by atoms with Crippen LogP contribution in [0, 0.1) is 5.92 Å². The lowest BCUT2D eigenvalue weighted by Crippen LogP contribution is -2.40. The number of likely N-dealkylation sites (tertiary alicyclic amines) is 1. The molecule has 0 atom stereocenters. The first kappa shape index (κ1) is 14.2. The van der Waals surface area contributed by atoms with E-state index in [2.05, 4.69) is 4.98 Å². The van der Waals surface area contributed by atoms with Gasteiger partial charge in [0, 0.05) is 13.1 Å². The van der Waals surface area contributed by atoms with Gasteiger partial charge in [0.2, 0.25) is 0 Å². The summed E-state index contributed by atoms with van der Waals surface area (Å²) in [6, 6.07) is 1.51. The Morgan fingerprint density at radius 3 is 2.47 bits per heavy atom. The number of nitrogens with zero attached hydrogens (tertiary/aromatic N) is 1. The fourth-order valence-electron chi connectivity index (χ4n) is 2.17. The number of H-pyrrole nitrogens is 1. The highest BCUT2D eigenvalue weighted by molar-refractivity contribution is 6.41. The molecule has 2 rings (SSSR count). The molecule has 1 N–H and O–H groups in total. The number of methoxy groups -OCH3 is 1. The minimum absolute atomic E-state index is 0.120. The summed E-state index contributed by atoms with van der Waals surface area (Å²) in [5.74, 6) is -0.486. The maximum absolute atomic E-state index is 12.2. The Morgan fingerprint density at radius 2 is 2.00 bits per heavy atom. The molecular weight excluding hydrogens is 291 g/mol. The number of amides is 1. The van der Waals surface area contributed by atoms with Gasteiger partial charge in [-0.2, -0.15) is 0 Å². The summed E-state index contributed by atoms with van der Waals surface area (Å²) in [5, 5.41) is 0.587. The Labute approximate surface area is 120 Å². The van der Waals surface area contributed by atoms with E-state index in [1.165, 1.54) is 13.2 Å². The van der Waals surface area contributed by atoms with Crippen molar-refractivity contribution in [3.05, 3.63) is 21.9 Å². The molecule has 0 radical (unpaired) electrons. The van der Waals surface area contributed by atoms with E-state index in [4.69, 9.17) is 27.9 Å². The van der Waals surface area contributed by atoms with Crippen molar-refractivity contribution < 1.29 is 14.3 Å². The quantitative estimate of drug-likeness (QED) is 0.853. The summed E-state index contributed by atoms with van der Waals surface area (Å²) in [6.45, 7) is 1.04. The molecule has 0 aliphatic carbocycles. The van der Waals surface area contributed by atoms with Crippen molar-refractivity contribution >= 4 is 35.1 Å². The number of aromatic amines is 1. The summed E-state index contributed by atoms with van der Waals surface area (Å²) >= 11 is 11.6. The second-order valence-corrected chi connectivity index (χ2v) is 5.22. The Morgan fingerprint density at radius 1 is 1.37 bits per heavy atom. The fraction of sp³-hybridized carbons (Fsp3) is 0.500. The number of halogens is 2. The Bertz CT molecular complexity index is 474. The highest BCUT2D eigenvalue weighted by atomic mass is 35.5. The SMILES string of the molecule is COC(=O)C1CCN(C(=O)c2cc(Cl)c(Cl)[nH]2)CC1. The van der Waals surface area contributed by atoms with E-state index in [1.807, 2.05) is 0 Å². The molecule has 5 nitrogen and oxygen atoms in total. The van der Waals surface area contributed by atoms with Crippen LogP contribution in [0.3, 0.4) is 0 Å². The van der Waals surface area contributed by atoms with Crippen LogP contribution in [0.1, 0.15) is 23.3 Å². The number of carbonyl (C=O) groups is 2. The number of ether oxygens (including phenoxy) is 1. The molecular formula is C12H14Cl2N2O3. The maximum atomic E-state index is 12.2. The van der Waals surface area contributed by atoms with Crippen molar-refractivity contribution in [2.24, 2.45) is 5.92 Å². The van der Waals surface area contributed by atoms with Crippen LogP contribution < -0.4 is 0 Å². The van der Waals surface area contributed by atoms with Crippen molar-refractivity contribution in [2.75, 3.05) is 20.2 Å². The van der Waals surface area contributed by atoms with Gasteiger partial charge in [-0.15, -0.1) is 0 Å². The van der Waals surface area contributed by atoms with Crippen molar-refractivity contribution in [1.29, 1.82) is 0 Å². The van der Waals surface area contributed by atoms with Gasteiger partial charge in [-0.05, 0) is 18.9 Å². The molecule has 104 valence electrons. The summed E-state index contributed by atoms with van der Waals surface area (Å²) in [4.78, 5) is 28.0. The van der Waals surface area contributed by atoms with Gasteiger partial charge in [-0.3, -0.25) is 9.59 Å². The van der Waals surface area contributed by atoms with Gasteiger partial charge >= 0.3 is 5.97 Å². The summed E-state index contributed by atoms with van der Waals surface area (Å²) < 4.78 is 4.71. The average Bonchev–Trinajstić information content (AvgIpc) is 2.77. The van der Waals surface area contributed by atoms with Crippen LogP contribution in [-0.4, -0.2) is 42.0 Å². The minimum Gasteiger partial charge on any atom is -0.469 e. The Kier molecular flexibility index (Phi) is 4.37. The molecule has 1 aromatic heterocycles. The average molecular weight is 305 g/mol. The molecule has 1 saturated heterocycles. The number of hydrogen-bond donors (Lipinski definition) is 1. The lowest BCUT2D eigenvalue weighted by atomic mass is 9.97. The number of aromatic nitrogens is 1. The monoisotopic (exact) mass is 304 g/mol. The van der Waals surface area contributed by atoms with Gasteiger partial charge in [0.15, 0.2) is 0 Å². The first-order valence-corrected chi connectivity index (χ1v) is 6.69. The highest BCUT2D eigenvalue weighted by Crippen LogP contribution is 2.24. The molecule has 0 unspecified atom stereocenters. The number of piperidine rings is 1. The molecule has 19 heavy (non-hydrogen) atoms. The van der Waals surface area contributed by atoms with Gasteiger partial charge in [0.05, 0.1) is 18.1 Å². The van der Waals surface area contributed by atoms with Crippen LogP contribution in [0.15, 0.2) is 6.07 Å². The van der Waals surface area contributed by atoms with Crippen molar-refractivity contribution in [3.8, 4) is 0 Å². The molecule has 1 amide bonds. The summed E-state index contributed by atoms with van der Waals surface area (Å²) in [6.07, 6.45) is 1.22. The second kappa shape index (κ2) is 5.84. The molecule has 0 saturated carbocycles. The van der Waals surface area contributed by atoms with Crippen LogP contribution >= 0.6 is 23.2 Å². The van der Waals surface area contributed by atoms with Crippen molar-refractivity contribution in [3.63, 3.8) is 0 Å². The third kappa shape index (κ3) is 3.04. The Hall–Kier alpha value is -1.20. The largest absolute Gasteiger partial charge is 0.469 e. The molecule has 1 aliphatic heterocycles. The van der Waals surface area contributed by atoms with Crippen molar-refractivity contribution in [1.82, 2.24) is 9.88 Å². The predicted octanol–water partition coefficient (Wildman–Crippen LogP) is 2.35. The van der Waals surface area contributed by atoms with E-state index in [-0.39, 0.29) is 22.9 Å². The number of nitrogens with one attached hydrogen (secondary N) is 1. The third-order valence-electron chi connectivity index (χ3n) is 3.27. The zero-order chi connectivity index (χ0) is 14.0. The van der Waals surface area contributed by atoms with Gasteiger partial charge < -0.3 is 14.6 Å². The van der Waals surface area contributed by atoms with Crippen LogP contribution in [0.25, 0.3) is 0 Å². The number of rotatable bonds is 2. The van der Waals surface area contributed by atoms with Gasteiger partial charge in [-0.1, -0.05) is 23.2 Å². The number of carbonyl (C=O) groups excluding carboxylic acids is 2. The molecule has 7 heteroatoms. The summed E-state index contributed by atoms with van der Waals surface area (Å²) in [7, 11) is 1.38. The van der Waals surface area contributed by atoms with E-state index in [1.54, 1.807) is 4.90 Å². The van der Waals surface area contributed by atoms with E-state index in [0.29, 0.717) is 36.6 Å². The molecule has 2 heterocycles. The topological polar surface area (TPSA) is 62.4 Å². The number of hydrogen-bond acceptors (Lipinski definition) is 3. The molecule has 1 fully saturated rings. The normalized spacial score (nSPS) is 16.5. The smallest absolute Gasteiger partial charge is 0.308 e. The lowest BCUT2D eigenvalue weighted by molar-refractivity contribution is -0.146. The zero-order valence-electron chi connectivity index (χ0n) is 10.4. The second-order valence-electron chi connectivity index (χ2n) is 4.43. The fourth-order valence-corrected chi connectivity index (χ4v) is 2.49. The standard InChI is InChI=1S/C12H14Cl2N2O3/c1-19-12(18)7-2-4-16(5-3-7)11(17)9-6-8(13)10(14)15-9/h6-7,15H,2-5H2,1H3. The molecule has 1 aliphatic rings. The zero-order valence-corrected chi connectivity index (χ0v) is 11.9. The van der Waals surface area contributed by atoms with E-state index in [9.17, 15) is 9.59 Å². The van der Waals surface area contributed by atoms with Crippen LogP contribution in [0.4, 0.5) is 0 Å². The van der Waals surface area contributed by atoms with Crippen LogP contribution in [0.2, 0.25) is 10.2 Å². The third-order valence-corrected chi connectivity index (χ3v) is 3.97. The lowest BCUT2D eigenvalue weighted by Gasteiger charge is -2.30. The first-order chi connectivity index (χ1) is 9.02. The molecule has 1 aromatic rings. The van der Waals surface area contributed by atoms with Crippen LogP contribution in [-0.2, 0) is 9.53 Å². The Balaban J connectivity index is 1.98. The predicted molar refractivity (Wildman–Crippen MR) is 71.5 cm³/mol. The van der Waals surface area contributed by atoms with E-state index >= 15 is 0 Å². The van der Waals surface area contributed by atoms with E-state index < -0.39 is 0 Å². The summed E-state index contributed by atoms with van der Waals surface area (Å²) in [5.41, 5.74) is 0.367. The highest BCUT2D eigenvalue weighted by Gasteiger charge is 2.29. The van der Waals surface area contributed by atoms with Crippen molar-refractivity contribution in [2.45, 2.75) is 12.8 Å². The molecule has 0 spiro atoms. The molecule has 0 bridgehead atoms. The van der Waals surface area contributed by atoms with Gasteiger partial charge in [0.25, 0.3) is 5.91 Å². The number of esters is 1. The maximum Gasteiger partial charge on any atom is 0.308 e.